The van der Waals surface area contributed by atoms with Gasteiger partial charge in [0.05, 0.1) is 0 Å². The van der Waals surface area contributed by atoms with Gasteiger partial charge in [0.1, 0.15) is 10.0 Å². The van der Waals surface area contributed by atoms with E-state index in [2.05, 4.69) is 29.4 Å². The van der Waals surface area contributed by atoms with Crippen molar-refractivity contribution in [3.05, 3.63) is 10.0 Å². The number of hydrogen-bond donors (Lipinski definition) is 1. The van der Waals surface area contributed by atoms with Gasteiger partial charge in [-0.1, -0.05) is 26.7 Å². The largest absolute Gasteiger partial charge is 0.320 e. The predicted octanol–water partition coefficient (Wildman–Crippen LogP) is 3.37. The third-order valence-corrected chi connectivity index (χ3v) is 5.20. The highest BCUT2D eigenvalue weighted by molar-refractivity contribution is 7.11. The van der Waals surface area contributed by atoms with Crippen LogP contribution in [0.2, 0.25) is 0 Å². The summed E-state index contributed by atoms with van der Waals surface area (Å²) in [7, 11) is 2.00. The molecule has 1 fully saturated rings. The number of nitrogens with zero attached hydrogens (tertiary/aromatic N) is 2. The van der Waals surface area contributed by atoms with Crippen molar-refractivity contribution in [1.29, 1.82) is 0 Å². The third kappa shape index (κ3) is 3.29. The molecule has 1 N–H and O–H groups in total. The number of rotatable bonds is 5. The SMILES string of the molecule is CNCCCc1nnc(C2CCCCC2(C)C)s1. The van der Waals surface area contributed by atoms with Gasteiger partial charge in [0.15, 0.2) is 0 Å². The lowest BCUT2D eigenvalue weighted by Crippen LogP contribution is -2.25. The summed E-state index contributed by atoms with van der Waals surface area (Å²) in [6.45, 7) is 5.83. The van der Waals surface area contributed by atoms with Crippen LogP contribution in [0.25, 0.3) is 0 Å². The van der Waals surface area contributed by atoms with Crippen LogP contribution in [0.1, 0.15) is 61.9 Å². The van der Waals surface area contributed by atoms with Crippen molar-refractivity contribution in [1.82, 2.24) is 15.5 Å². The second-order valence-corrected chi connectivity index (χ2v) is 7.12. The molecule has 0 bridgehead atoms. The van der Waals surface area contributed by atoms with Crippen LogP contribution in [-0.4, -0.2) is 23.8 Å². The molecule has 0 saturated heterocycles. The van der Waals surface area contributed by atoms with Gasteiger partial charge in [0, 0.05) is 12.3 Å². The maximum Gasteiger partial charge on any atom is 0.121 e. The van der Waals surface area contributed by atoms with E-state index in [0.717, 1.165) is 19.4 Å². The first-order chi connectivity index (χ1) is 8.63. The molecule has 1 unspecified atom stereocenters. The Balaban J connectivity index is 2.00. The summed E-state index contributed by atoms with van der Waals surface area (Å²) in [4.78, 5) is 0. The molecule has 0 radical (unpaired) electrons. The summed E-state index contributed by atoms with van der Waals surface area (Å²) in [6, 6.07) is 0. The highest BCUT2D eigenvalue weighted by atomic mass is 32.1. The van der Waals surface area contributed by atoms with Crippen molar-refractivity contribution in [3.8, 4) is 0 Å². The average molecular weight is 267 g/mol. The smallest absolute Gasteiger partial charge is 0.121 e. The summed E-state index contributed by atoms with van der Waals surface area (Å²) >= 11 is 1.84. The minimum absolute atomic E-state index is 0.403. The van der Waals surface area contributed by atoms with E-state index in [9.17, 15) is 0 Å². The summed E-state index contributed by atoms with van der Waals surface area (Å²) in [6.07, 6.45) is 7.55. The Labute approximate surface area is 114 Å². The molecule has 0 spiro atoms. The predicted molar refractivity (Wildman–Crippen MR) is 77.1 cm³/mol. The fourth-order valence-corrected chi connectivity index (χ4v) is 4.11. The first kappa shape index (κ1) is 13.9. The zero-order valence-corrected chi connectivity index (χ0v) is 12.6. The van der Waals surface area contributed by atoms with Crippen LogP contribution in [0.4, 0.5) is 0 Å². The van der Waals surface area contributed by atoms with Crippen molar-refractivity contribution in [3.63, 3.8) is 0 Å². The number of aryl methyl sites for hydroxylation is 1. The Morgan fingerprint density at radius 3 is 2.89 bits per heavy atom. The quantitative estimate of drug-likeness (QED) is 0.831. The van der Waals surface area contributed by atoms with Gasteiger partial charge in [-0.25, -0.2) is 0 Å². The minimum atomic E-state index is 0.403. The third-order valence-electron chi connectivity index (χ3n) is 4.11. The molecule has 0 amide bonds. The van der Waals surface area contributed by atoms with Gasteiger partial charge in [-0.3, -0.25) is 0 Å². The van der Waals surface area contributed by atoms with E-state index < -0.39 is 0 Å². The van der Waals surface area contributed by atoms with Gasteiger partial charge < -0.3 is 5.32 Å². The van der Waals surface area contributed by atoms with Crippen LogP contribution in [0.5, 0.6) is 0 Å². The Morgan fingerprint density at radius 1 is 1.33 bits per heavy atom. The second-order valence-electron chi connectivity index (χ2n) is 6.03. The Hall–Kier alpha value is -0.480. The molecular formula is C14H25N3S. The molecule has 0 aliphatic heterocycles. The highest BCUT2D eigenvalue weighted by Gasteiger charge is 2.35. The number of hydrogen-bond acceptors (Lipinski definition) is 4. The fraction of sp³-hybridized carbons (Fsp3) is 0.857. The van der Waals surface area contributed by atoms with Crippen molar-refractivity contribution in [2.24, 2.45) is 5.41 Å². The first-order valence-corrected chi connectivity index (χ1v) is 7.92. The first-order valence-electron chi connectivity index (χ1n) is 7.10. The molecule has 1 aromatic rings. The molecule has 1 saturated carbocycles. The second kappa shape index (κ2) is 6.11. The number of aromatic nitrogens is 2. The summed E-state index contributed by atoms with van der Waals surface area (Å²) < 4.78 is 0. The normalized spacial score (nSPS) is 23.2. The molecule has 1 aromatic heterocycles. The zero-order chi connectivity index (χ0) is 13.0. The van der Waals surface area contributed by atoms with E-state index in [1.807, 2.05) is 18.4 Å². The molecule has 4 heteroatoms. The molecule has 1 aliphatic rings. The van der Waals surface area contributed by atoms with E-state index in [1.54, 1.807) is 0 Å². The van der Waals surface area contributed by atoms with Gasteiger partial charge in [-0.2, -0.15) is 0 Å². The molecule has 2 rings (SSSR count). The zero-order valence-electron chi connectivity index (χ0n) is 11.8. The molecule has 1 atom stereocenters. The fourth-order valence-electron chi connectivity index (χ4n) is 2.88. The molecule has 3 nitrogen and oxygen atoms in total. The van der Waals surface area contributed by atoms with Crippen LogP contribution >= 0.6 is 11.3 Å². The van der Waals surface area contributed by atoms with E-state index >= 15 is 0 Å². The van der Waals surface area contributed by atoms with Crippen LogP contribution < -0.4 is 5.32 Å². The lowest BCUT2D eigenvalue weighted by atomic mass is 9.69. The van der Waals surface area contributed by atoms with Crippen LogP contribution in [0.3, 0.4) is 0 Å². The van der Waals surface area contributed by atoms with Crippen molar-refractivity contribution >= 4 is 11.3 Å². The molecule has 18 heavy (non-hydrogen) atoms. The van der Waals surface area contributed by atoms with E-state index in [-0.39, 0.29) is 0 Å². The molecule has 1 aliphatic carbocycles. The van der Waals surface area contributed by atoms with Crippen LogP contribution in [0, 0.1) is 5.41 Å². The summed E-state index contributed by atoms with van der Waals surface area (Å²) in [5.41, 5.74) is 0.403. The standard InChI is InChI=1S/C14H25N3S/c1-14(2)9-5-4-7-11(14)13-17-16-12(18-13)8-6-10-15-3/h11,15H,4-10H2,1-3H3. The average Bonchev–Trinajstić information content (AvgIpc) is 2.77. The molecular weight excluding hydrogens is 242 g/mol. The van der Waals surface area contributed by atoms with Gasteiger partial charge >= 0.3 is 0 Å². The van der Waals surface area contributed by atoms with Gasteiger partial charge in [-0.15, -0.1) is 21.5 Å². The van der Waals surface area contributed by atoms with Crippen molar-refractivity contribution < 1.29 is 0 Å². The maximum atomic E-state index is 4.46. The highest BCUT2D eigenvalue weighted by Crippen LogP contribution is 2.47. The van der Waals surface area contributed by atoms with Crippen molar-refractivity contribution in [2.75, 3.05) is 13.6 Å². The van der Waals surface area contributed by atoms with Gasteiger partial charge in [-0.05, 0) is 38.3 Å². The van der Waals surface area contributed by atoms with Gasteiger partial charge in [0.2, 0.25) is 0 Å². The van der Waals surface area contributed by atoms with E-state index in [0.29, 0.717) is 11.3 Å². The van der Waals surface area contributed by atoms with Crippen molar-refractivity contribution in [2.45, 2.75) is 58.3 Å². The van der Waals surface area contributed by atoms with E-state index in [1.165, 1.54) is 35.7 Å². The van der Waals surface area contributed by atoms with Gasteiger partial charge in [0.25, 0.3) is 0 Å². The minimum Gasteiger partial charge on any atom is -0.320 e. The topological polar surface area (TPSA) is 37.8 Å². The monoisotopic (exact) mass is 267 g/mol. The molecule has 1 heterocycles. The van der Waals surface area contributed by atoms with Crippen LogP contribution in [0.15, 0.2) is 0 Å². The lowest BCUT2D eigenvalue weighted by Gasteiger charge is -2.37. The summed E-state index contributed by atoms with van der Waals surface area (Å²) in [5.74, 6) is 0.627. The molecule has 102 valence electrons. The van der Waals surface area contributed by atoms with E-state index in [4.69, 9.17) is 0 Å². The maximum absolute atomic E-state index is 4.46. The Bertz CT molecular complexity index is 373. The van der Waals surface area contributed by atoms with Crippen LogP contribution in [-0.2, 0) is 6.42 Å². The molecule has 0 aromatic carbocycles. The summed E-state index contributed by atoms with van der Waals surface area (Å²) in [5, 5.41) is 14.5. The number of nitrogens with one attached hydrogen (secondary N) is 1. The Morgan fingerprint density at radius 2 is 2.17 bits per heavy atom. The Kier molecular flexibility index (Phi) is 4.73. The lowest BCUT2D eigenvalue weighted by molar-refractivity contribution is 0.198.